The molecule has 0 aromatic carbocycles. The summed E-state index contributed by atoms with van der Waals surface area (Å²) < 4.78 is 5.46. The minimum absolute atomic E-state index is 0.669. The van der Waals surface area contributed by atoms with Crippen molar-refractivity contribution in [1.29, 1.82) is 0 Å². The third-order valence-corrected chi connectivity index (χ3v) is 2.97. The Morgan fingerprint density at radius 2 is 1.85 bits per heavy atom. The van der Waals surface area contributed by atoms with E-state index in [-0.39, 0.29) is 0 Å². The number of nitrogens with zero attached hydrogens (tertiary/aromatic N) is 2. The summed E-state index contributed by atoms with van der Waals surface area (Å²) >= 11 is 0. The maximum Gasteiger partial charge on any atom is 0.151 e. The second kappa shape index (κ2) is 9.14. The Hall–Kier alpha value is -0.870. The van der Waals surface area contributed by atoms with Gasteiger partial charge < -0.3 is 9.84 Å². The Bertz CT molecular complexity index is 350. The highest BCUT2D eigenvalue weighted by atomic mass is 16.5. The molecule has 0 aliphatic heterocycles. The van der Waals surface area contributed by atoms with Crippen LogP contribution in [0.1, 0.15) is 52.5 Å². The topological polar surface area (TPSA) is 41.3 Å². The summed E-state index contributed by atoms with van der Waals surface area (Å²) in [5.74, 6) is 2.31. The standard InChI is InChI=1S/C16H31N3O/c1-6-7-17-9-15-8-16(20-18-15)12-19(10-13(2)3)11-14(4)5/h8,13-14,17H,6-7,9-12H2,1-5H3. The number of hydrogen-bond acceptors (Lipinski definition) is 4. The molecule has 0 aliphatic carbocycles. The molecule has 0 radical (unpaired) electrons. The van der Waals surface area contributed by atoms with Gasteiger partial charge in [-0.05, 0) is 24.8 Å². The van der Waals surface area contributed by atoms with Gasteiger partial charge in [-0.1, -0.05) is 39.8 Å². The highest BCUT2D eigenvalue weighted by molar-refractivity contribution is 5.05. The molecule has 20 heavy (non-hydrogen) atoms. The zero-order chi connectivity index (χ0) is 15.0. The molecule has 1 aromatic heterocycles. The number of hydrogen-bond donors (Lipinski definition) is 1. The van der Waals surface area contributed by atoms with E-state index in [9.17, 15) is 0 Å². The zero-order valence-corrected chi connectivity index (χ0v) is 13.8. The van der Waals surface area contributed by atoms with Gasteiger partial charge in [0.2, 0.25) is 0 Å². The molecule has 0 atom stereocenters. The molecule has 1 N–H and O–H groups in total. The maximum absolute atomic E-state index is 5.46. The van der Waals surface area contributed by atoms with E-state index >= 15 is 0 Å². The van der Waals surface area contributed by atoms with Crippen LogP contribution in [0.5, 0.6) is 0 Å². The molecule has 4 nitrogen and oxygen atoms in total. The first-order valence-electron chi connectivity index (χ1n) is 7.88. The third kappa shape index (κ3) is 7.06. The van der Waals surface area contributed by atoms with Crippen molar-refractivity contribution < 1.29 is 4.52 Å². The monoisotopic (exact) mass is 281 g/mol. The lowest BCUT2D eigenvalue weighted by molar-refractivity contribution is 0.189. The molecule has 116 valence electrons. The SMILES string of the molecule is CCCNCc1cc(CN(CC(C)C)CC(C)C)on1. The van der Waals surface area contributed by atoms with Crippen molar-refractivity contribution >= 4 is 0 Å². The molecule has 0 unspecified atom stereocenters. The maximum atomic E-state index is 5.46. The van der Waals surface area contributed by atoms with Gasteiger partial charge in [0.05, 0.1) is 12.2 Å². The van der Waals surface area contributed by atoms with Crippen molar-refractivity contribution in [3.63, 3.8) is 0 Å². The summed E-state index contributed by atoms with van der Waals surface area (Å²) in [5, 5.41) is 7.48. The van der Waals surface area contributed by atoms with E-state index in [1.807, 2.05) is 0 Å². The van der Waals surface area contributed by atoms with Crippen molar-refractivity contribution in [2.75, 3.05) is 19.6 Å². The number of rotatable bonds is 10. The van der Waals surface area contributed by atoms with Gasteiger partial charge in [0, 0.05) is 25.7 Å². The van der Waals surface area contributed by atoms with Crippen molar-refractivity contribution in [3.8, 4) is 0 Å². The van der Waals surface area contributed by atoms with Gasteiger partial charge >= 0.3 is 0 Å². The first kappa shape index (κ1) is 17.2. The second-order valence-electron chi connectivity index (χ2n) is 6.44. The molecule has 0 amide bonds. The van der Waals surface area contributed by atoms with Gasteiger partial charge in [0.1, 0.15) is 0 Å². The van der Waals surface area contributed by atoms with E-state index in [0.717, 1.165) is 50.6 Å². The van der Waals surface area contributed by atoms with Crippen LogP contribution in [0.4, 0.5) is 0 Å². The van der Waals surface area contributed by atoms with Crippen LogP contribution in [-0.2, 0) is 13.1 Å². The fourth-order valence-corrected chi connectivity index (χ4v) is 2.36. The Kier molecular flexibility index (Phi) is 7.85. The third-order valence-electron chi connectivity index (χ3n) is 2.97. The predicted octanol–water partition coefficient (Wildman–Crippen LogP) is 3.29. The van der Waals surface area contributed by atoms with Crippen LogP contribution in [0.25, 0.3) is 0 Å². The number of aromatic nitrogens is 1. The normalized spacial score (nSPS) is 12.0. The summed E-state index contributed by atoms with van der Waals surface area (Å²) in [7, 11) is 0. The van der Waals surface area contributed by atoms with Crippen molar-refractivity contribution in [2.45, 2.75) is 54.1 Å². The molecule has 0 saturated carbocycles. The summed E-state index contributed by atoms with van der Waals surface area (Å²) in [5.41, 5.74) is 1.00. The van der Waals surface area contributed by atoms with Crippen LogP contribution >= 0.6 is 0 Å². The second-order valence-corrected chi connectivity index (χ2v) is 6.44. The van der Waals surface area contributed by atoms with Crippen LogP contribution in [0.15, 0.2) is 10.6 Å². The molecule has 1 rings (SSSR count). The summed E-state index contributed by atoms with van der Waals surface area (Å²) in [6.45, 7) is 16.1. The van der Waals surface area contributed by atoms with E-state index in [2.05, 4.69) is 56.1 Å². The average molecular weight is 281 g/mol. The fraction of sp³-hybridized carbons (Fsp3) is 0.812. The first-order valence-corrected chi connectivity index (χ1v) is 7.88. The smallest absolute Gasteiger partial charge is 0.151 e. The summed E-state index contributed by atoms with van der Waals surface area (Å²) in [6, 6.07) is 2.08. The zero-order valence-electron chi connectivity index (χ0n) is 13.8. The average Bonchev–Trinajstić information content (AvgIpc) is 2.75. The van der Waals surface area contributed by atoms with Gasteiger partial charge in [-0.15, -0.1) is 0 Å². The molecule has 1 heterocycles. The quantitative estimate of drug-likeness (QED) is 0.668. The largest absolute Gasteiger partial charge is 0.360 e. The lowest BCUT2D eigenvalue weighted by atomic mass is 10.1. The van der Waals surface area contributed by atoms with E-state index in [1.54, 1.807) is 0 Å². The lowest BCUT2D eigenvalue weighted by Crippen LogP contribution is -2.30. The van der Waals surface area contributed by atoms with Crippen LogP contribution in [-0.4, -0.2) is 29.7 Å². The van der Waals surface area contributed by atoms with Gasteiger partial charge in [0.25, 0.3) is 0 Å². The molecule has 0 aliphatic rings. The molecular weight excluding hydrogens is 250 g/mol. The molecule has 0 spiro atoms. The Balaban J connectivity index is 2.50. The highest BCUT2D eigenvalue weighted by Crippen LogP contribution is 2.11. The Morgan fingerprint density at radius 3 is 2.40 bits per heavy atom. The van der Waals surface area contributed by atoms with E-state index in [1.165, 1.54) is 0 Å². The Labute approximate surface area is 123 Å². The molecule has 0 bridgehead atoms. The fourth-order valence-electron chi connectivity index (χ4n) is 2.36. The molecule has 0 fully saturated rings. The van der Waals surface area contributed by atoms with Crippen LogP contribution in [0.2, 0.25) is 0 Å². The van der Waals surface area contributed by atoms with Gasteiger partial charge in [-0.2, -0.15) is 0 Å². The molecule has 0 saturated heterocycles. The minimum Gasteiger partial charge on any atom is -0.360 e. The van der Waals surface area contributed by atoms with Gasteiger partial charge in [-0.3, -0.25) is 4.90 Å². The van der Waals surface area contributed by atoms with Crippen molar-refractivity contribution in [1.82, 2.24) is 15.4 Å². The summed E-state index contributed by atoms with van der Waals surface area (Å²) in [4.78, 5) is 2.46. The first-order chi connectivity index (χ1) is 9.51. The predicted molar refractivity (Wildman–Crippen MR) is 83.5 cm³/mol. The van der Waals surface area contributed by atoms with Crippen molar-refractivity contribution in [2.24, 2.45) is 11.8 Å². The van der Waals surface area contributed by atoms with E-state index < -0.39 is 0 Å². The number of nitrogens with one attached hydrogen (secondary N) is 1. The van der Waals surface area contributed by atoms with Crippen LogP contribution in [0.3, 0.4) is 0 Å². The Morgan fingerprint density at radius 1 is 1.20 bits per heavy atom. The van der Waals surface area contributed by atoms with E-state index in [4.69, 9.17) is 4.52 Å². The van der Waals surface area contributed by atoms with Gasteiger partial charge in [0.15, 0.2) is 5.76 Å². The molecule has 1 aromatic rings. The van der Waals surface area contributed by atoms with Crippen LogP contribution in [0, 0.1) is 11.8 Å². The highest BCUT2D eigenvalue weighted by Gasteiger charge is 2.13. The minimum atomic E-state index is 0.669. The van der Waals surface area contributed by atoms with Crippen molar-refractivity contribution in [3.05, 3.63) is 17.5 Å². The molecule has 4 heteroatoms. The van der Waals surface area contributed by atoms with E-state index in [0.29, 0.717) is 11.8 Å². The summed E-state index contributed by atoms with van der Waals surface area (Å²) in [6.07, 6.45) is 1.14. The van der Waals surface area contributed by atoms with Gasteiger partial charge in [-0.25, -0.2) is 0 Å². The molecular formula is C16H31N3O. The van der Waals surface area contributed by atoms with Crippen LogP contribution < -0.4 is 5.32 Å². The lowest BCUT2D eigenvalue weighted by Gasteiger charge is -2.24.